The zero-order valence-electron chi connectivity index (χ0n) is 10.6. The summed E-state index contributed by atoms with van der Waals surface area (Å²) in [6.07, 6.45) is 4.37. The second-order valence-electron chi connectivity index (χ2n) is 4.79. The Balaban J connectivity index is 1.90. The van der Waals surface area contributed by atoms with Crippen molar-refractivity contribution in [2.24, 2.45) is 0 Å². The highest BCUT2D eigenvalue weighted by Gasteiger charge is 2.22. The van der Waals surface area contributed by atoms with E-state index >= 15 is 0 Å². The van der Waals surface area contributed by atoms with Crippen molar-refractivity contribution >= 4 is 0 Å². The highest BCUT2D eigenvalue weighted by molar-refractivity contribution is 5.23. The van der Waals surface area contributed by atoms with E-state index < -0.39 is 11.6 Å². The Morgan fingerprint density at radius 1 is 1.33 bits per heavy atom. The van der Waals surface area contributed by atoms with Crippen LogP contribution in [0.15, 0.2) is 18.2 Å². The number of halogens is 2. The maximum Gasteiger partial charge on any atom is 0.162 e. The first-order valence-corrected chi connectivity index (χ1v) is 6.54. The fourth-order valence-electron chi connectivity index (χ4n) is 1.85. The monoisotopic (exact) mass is 255 g/mol. The molecule has 1 aliphatic rings. The van der Waals surface area contributed by atoms with E-state index in [1.54, 1.807) is 0 Å². The SMILES string of the molecule is CCCC(CNC1CC1)Oc1ccc(F)c(F)c1. The van der Waals surface area contributed by atoms with Gasteiger partial charge in [-0.05, 0) is 31.4 Å². The van der Waals surface area contributed by atoms with E-state index in [-0.39, 0.29) is 6.10 Å². The van der Waals surface area contributed by atoms with Crippen molar-refractivity contribution in [1.29, 1.82) is 0 Å². The van der Waals surface area contributed by atoms with Gasteiger partial charge in [0.1, 0.15) is 11.9 Å². The van der Waals surface area contributed by atoms with Crippen LogP contribution < -0.4 is 10.1 Å². The summed E-state index contributed by atoms with van der Waals surface area (Å²) in [7, 11) is 0. The van der Waals surface area contributed by atoms with Gasteiger partial charge >= 0.3 is 0 Å². The maximum atomic E-state index is 13.1. The lowest BCUT2D eigenvalue weighted by molar-refractivity contribution is 0.185. The van der Waals surface area contributed by atoms with Gasteiger partial charge in [-0.15, -0.1) is 0 Å². The van der Waals surface area contributed by atoms with Crippen LogP contribution in [0.3, 0.4) is 0 Å². The molecule has 4 heteroatoms. The Kier molecular flexibility index (Phi) is 4.53. The first-order chi connectivity index (χ1) is 8.69. The number of nitrogens with one attached hydrogen (secondary N) is 1. The lowest BCUT2D eigenvalue weighted by Crippen LogP contribution is -2.32. The summed E-state index contributed by atoms with van der Waals surface area (Å²) in [5, 5.41) is 3.39. The fourth-order valence-corrected chi connectivity index (χ4v) is 1.85. The van der Waals surface area contributed by atoms with E-state index in [9.17, 15) is 8.78 Å². The molecule has 0 aliphatic heterocycles. The molecule has 0 spiro atoms. The molecular formula is C14H19F2NO. The number of rotatable bonds is 7. The minimum Gasteiger partial charge on any atom is -0.489 e. The van der Waals surface area contributed by atoms with Crippen LogP contribution in [0.4, 0.5) is 8.78 Å². The average molecular weight is 255 g/mol. The fraction of sp³-hybridized carbons (Fsp3) is 0.571. The number of hydrogen-bond donors (Lipinski definition) is 1. The Bertz CT molecular complexity index is 393. The molecule has 0 saturated heterocycles. The van der Waals surface area contributed by atoms with Crippen molar-refractivity contribution < 1.29 is 13.5 Å². The minimum absolute atomic E-state index is 0.0143. The second kappa shape index (κ2) is 6.14. The van der Waals surface area contributed by atoms with Crippen molar-refractivity contribution in [3.05, 3.63) is 29.8 Å². The van der Waals surface area contributed by atoms with Gasteiger partial charge in [0.2, 0.25) is 0 Å². The minimum atomic E-state index is -0.863. The summed E-state index contributed by atoms with van der Waals surface area (Å²) < 4.78 is 31.6. The van der Waals surface area contributed by atoms with Crippen LogP contribution in [0.2, 0.25) is 0 Å². The normalized spacial score (nSPS) is 16.6. The summed E-state index contributed by atoms with van der Waals surface area (Å²) in [5.74, 6) is -1.31. The van der Waals surface area contributed by atoms with Gasteiger partial charge in [-0.2, -0.15) is 0 Å². The van der Waals surface area contributed by atoms with E-state index in [1.165, 1.54) is 18.9 Å². The van der Waals surface area contributed by atoms with Gasteiger partial charge in [0.15, 0.2) is 11.6 Å². The highest BCUT2D eigenvalue weighted by Crippen LogP contribution is 2.20. The Morgan fingerprint density at radius 3 is 2.72 bits per heavy atom. The third-order valence-corrected chi connectivity index (χ3v) is 3.02. The van der Waals surface area contributed by atoms with Gasteiger partial charge in [-0.1, -0.05) is 13.3 Å². The van der Waals surface area contributed by atoms with E-state index in [4.69, 9.17) is 4.74 Å². The van der Waals surface area contributed by atoms with Crippen LogP contribution in [-0.4, -0.2) is 18.7 Å². The standard InChI is InChI=1S/C14H19F2NO/c1-2-3-12(9-17-10-4-5-10)18-11-6-7-13(15)14(16)8-11/h6-8,10,12,17H,2-5,9H2,1H3. The molecule has 0 heterocycles. The van der Waals surface area contributed by atoms with Crippen LogP contribution in [0.25, 0.3) is 0 Å². The van der Waals surface area contributed by atoms with Gasteiger partial charge in [0, 0.05) is 18.7 Å². The van der Waals surface area contributed by atoms with Crippen molar-refractivity contribution in [3.63, 3.8) is 0 Å². The molecule has 1 aliphatic carbocycles. The van der Waals surface area contributed by atoms with Gasteiger partial charge in [0.05, 0.1) is 0 Å². The average Bonchev–Trinajstić information content (AvgIpc) is 3.15. The van der Waals surface area contributed by atoms with Crippen molar-refractivity contribution in [3.8, 4) is 5.75 Å². The molecule has 1 aromatic rings. The molecule has 2 nitrogen and oxygen atoms in total. The van der Waals surface area contributed by atoms with Crippen LogP contribution in [0.5, 0.6) is 5.75 Å². The van der Waals surface area contributed by atoms with Crippen molar-refractivity contribution in [1.82, 2.24) is 5.32 Å². The van der Waals surface area contributed by atoms with Crippen molar-refractivity contribution in [2.45, 2.75) is 44.8 Å². The smallest absolute Gasteiger partial charge is 0.162 e. The molecule has 1 saturated carbocycles. The molecule has 1 fully saturated rings. The topological polar surface area (TPSA) is 21.3 Å². The summed E-state index contributed by atoms with van der Waals surface area (Å²) in [6.45, 7) is 2.84. The Hall–Kier alpha value is -1.16. The molecule has 1 aromatic carbocycles. The van der Waals surface area contributed by atoms with Crippen LogP contribution >= 0.6 is 0 Å². The summed E-state index contributed by atoms with van der Waals surface area (Å²) in [5.41, 5.74) is 0. The zero-order chi connectivity index (χ0) is 13.0. The molecule has 1 N–H and O–H groups in total. The summed E-state index contributed by atoms with van der Waals surface area (Å²) in [6, 6.07) is 4.30. The van der Waals surface area contributed by atoms with E-state index in [0.29, 0.717) is 11.8 Å². The number of ether oxygens (including phenoxy) is 1. The Morgan fingerprint density at radius 2 is 2.11 bits per heavy atom. The lowest BCUT2D eigenvalue weighted by atomic mass is 10.2. The predicted molar refractivity (Wildman–Crippen MR) is 66.7 cm³/mol. The number of hydrogen-bond acceptors (Lipinski definition) is 2. The zero-order valence-corrected chi connectivity index (χ0v) is 10.6. The molecule has 0 radical (unpaired) electrons. The van der Waals surface area contributed by atoms with E-state index in [1.807, 2.05) is 0 Å². The third-order valence-electron chi connectivity index (χ3n) is 3.02. The molecule has 18 heavy (non-hydrogen) atoms. The molecule has 0 aromatic heterocycles. The largest absolute Gasteiger partial charge is 0.489 e. The van der Waals surface area contributed by atoms with Crippen molar-refractivity contribution in [2.75, 3.05) is 6.54 Å². The first-order valence-electron chi connectivity index (χ1n) is 6.54. The summed E-state index contributed by atoms with van der Waals surface area (Å²) >= 11 is 0. The number of benzene rings is 1. The predicted octanol–water partition coefficient (Wildman–Crippen LogP) is 3.26. The van der Waals surface area contributed by atoms with Crippen LogP contribution in [-0.2, 0) is 0 Å². The first kappa shape index (κ1) is 13.3. The molecule has 2 rings (SSSR count). The molecule has 100 valence electrons. The van der Waals surface area contributed by atoms with Crippen LogP contribution in [0, 0.1) is 11.6 Å². The van der Waals surface area contributed by atoms with E-state index in [2.05, 4.69) is 12.2 Å². The van der Waals surface area contributed by atoms with Gasteiger partial charge in [-0.3, -0.25) is 0 Å². The summed E-state index contributed by atoms with van der Waals surface area (Å²) in [4.78, 5) is 0. The third kappa shape index (κ3) is 3.95. The molecular weight excluding hydrogens is 236 g/mol. The van der Waals surface area contributed by atoms with Gasteiger partial charge in [-0.25, -0.2) is 8.78 Å². The maximum absolute atomic E-state index is 13.1. The highest BCUT2D eigenvalue weighted by atomic mass is 19.2. The van der Waals surface area contributed by atoms with Crippen LogP contribution in [0.1, 0.15) is 32.6 Å². The Labute approximate surface area is 106 Å². The molecule has 1 atom stereocenters. The van der Waals surface area contributed by atoms with Gasteiger partial charge in [0.25, 0.3) is 0 Å². The van der Waals surface area contributed by atoms with E-state index in [0.717, 1.165) is 31.5 Å². The van der Waals surface area contributed by atoms with Gasteiger partial charge < -0.3 is 10.1 Å². The lowest BCUT2D eigenvalue weighted by Gasteiger charge is -2.19. The molecule has 1 unspecified atom stereocenters. The molecule has 0 bridgehead atoms. The second-order valence-corrected chi connectivity index (χ2v) is 4.79. The molecule has 0 amide bonds. The quantitative estimate of drug-likeness (QED) is 0.807.